The summed E-state index contributed by atoms with van der Waals surface area (Å²) in [6.45, 7) is 11.4. The van der Waals surface area contributed by atoms with Crippen molar-refractivity contribution in [3.8, 4) is 0 Å². The second-order valence-corrected chi connectivity index (χ2v) is 8.68. The third-order valence-corrected chi connectivity index (χ3v) is 5.73. The number of carbonyl (C=O) groups is 2. The number of hydrogen-bond acceptors (Lipinski definition) is 2. The van der Waals surface area contributed by atoms with Crippen LogP contribution in [0.1, 0.15) is 62.8 Å². The first kappa shape index (κ1) is 24.6. The van der Waals surface area contributed by atoms with Crippen molar-refractivity contribution in [2.75, 3.05) is 6.54 Å². The quantitative estimate of drug-likeness (QED) is 0.550. The number of nitrogens with one attached hydrogen (secondary N) is 1. The Balaban J connectivity index is 2.18. The summed E-state index contributed by atoms with van der Waals surface area (Å²) in [5.41, 5.74) is 4.66. The van der Waals surface area contributed by atoms with E-state index in [0.29, 0.717) is 38.3 Å². The van der Waals surface area contributed by atoms with Crippen molar-refractivity contribution in [1.82, 2.24) is 10.2 Å². The molecule has 1 N–H and O–H groups in total. The Morgan fingerprint density at radius 3 is 2.19 bits per heavy atom. The maximum atomic E-state index is 13.3. The van der Waals surface area contributed by atoms with Gasteiger partial charge in [-0.15, -0.1) is 0 Å². The van der Waals surface area contributed by atoms with Gasteiger partial charge in [0.15, 0.2) is 0 Å². The van der Waals surface area contributed by atoms with Crippen molar-refractivity contribution < 1.29 is 9.59 Å². The molecule has 31 heavy (non-hydrogen) atoms. The lowest BCUT2D eigenvalue weighted by atomic mass is 10.0. The van der Waals surface area contributed by atoms with Crippen molar-refractivity contribution in [3.05, 3.63) is 70.8 Å². The standard InChI is InChI=1S/C27H38N2O2/c1-6-22-12-14-23(15-13-22)16-17-26(30)29(19-24-11-9-8-10-21(24)5)25(7-2)27(31)28-18-20(3)4/h8-15,20,25H,6-7,16-19H2,1-5H3,(H,28,31)/t25-/m0/s1. The Labute approximate surface area is 188 Å². The predicted molar refractivity (Wildman–Crippen MR) is 128 cm³/mol. The van der Waals surface area contributed by atoms with Crippen LogP contribution in [-0.2, 0) is 29.0 Å². The smallest absolute Gasteiger partial charge is 0.242 e. The Morgan fingerprint density at radius 2 is 1.61 bits per heavy atom. The van der Waals surface area contributed by atoms with Crippen molar-refractivity contribution >= 4 is 11.8 Å². The van der Waals surface area contributed by atoms with Crippen molar-refractivity contribution in [2.45, 2.75) is 72.9 Å². The molecule has 0 saturated carbocycles. The normalized spacial score (nSPS) is 11.9. The van der Waals surface area contributed by atoms with Gasteiger partial charge in [0.1, 0.15) is 6.04 Å². The summed E-state index contributed by atoms with van der Waals surface area (Å²) < 4.78 is 0. The molecule has 0 fully saturated rings. The third kappa shape index (κ3) is 7.54. The number of benzene rings is 2. The van der Waals surface area contributed by atoms with Crippen LogP contribution in [0.2, 0.25) is 0 Å². The van der Waals surface area contributed by atoms with Crippen LogP contribution in [-0.4, -0.2) is 29.3 Å². The summed E-state index contributed by atoms with van der Waals surface area (Å²) in [5, 5.41) is 3.02. The summed E-state index contributed by atoms with van der Waals surface area (Å²) >= 11 is 0. The molecule has 2 aromatic carbocycles. The number of nitrogens with zero attached hydrogens (tertiary/aromatic N) is 1. The molecule has 0 saturated heterocycles. The second kappa shape index (κ2) is 12.3. The zero-order valence-electron chi connectivity index (χ0n) is 19.8. The minimum absolute atomic E-state index is 0.0226. The molecule has 0 aromatic heterocycles. The fraction of sp³-hybridized carbons (Fsp3) is 0.481. The molecular formula is C27H38N2O2. The van der Waals surface area contributed by atoms with Gasteiger partial charge in [-0.2, -0.15) is 0 Å². The summed E-state index contributed by atoms with van der Waals surface area (Å²) in [4.78, 5) is 28.1. The Bertz CT molecular complexity index is 843. The molecule has 0 radical (unpaired) electrons. The van der Waals surface area contributed by atoms with Crippen molar-refractivity contribution in [1.29, 1.82) is 0 Å². The highest BCUT2D eigenvalue weighted by Crippen LogP contribution is 2.17. The molecule has 0 heterocycles. The van der Waals surface area contributed by atoms with E-state index in [2.05, 4.69) is 50.4 Å². The highest BCUT2D eigenvalue weighted by atomic mass is 16.2. The van der Waals surface area contributed by atoms with Gasteiger partial charge in [0.2, 0.25) is 11.8 Å². The molecule has 0 aliphatic carbocycles. The molecule has 2 rings (SSSR count). The van der Waals surface area contributed by atoms with Crippen LogP contribution in [0.4, 0.5) is 0 Å². The van der Waals surface area contributed by atoms with Gasteiger partial charge in [-0.3, -0.25) is 9.59 Å². The highest BCUT2D eigenvalue weighted by Gasteiger charge is 2.28. The average molecular weight is 423 g/mol. The van der Waals surface area contributed by atoms with E-state index >= 15 is 0 Å². The lowest BCUT2D eigenvalue weighted by molar-refractivity contribution is -0.141. The highest BCUT2D eigenvalue weighted by molar-refractivity contribution is 5.87. The lowest BCUT2D eigenvalue weighted by Crippen LogP contribution is -2.49. The second-order valence-electron chi connectivity index (χ2n) is 8.68. The number of rotatable bonds is 11. The maximum Gasteiger partial charge on any atom is 0.242 e. The Morgan fingerprint density at radius 1 is 0.968 bits per heavy atom. The number of aryl methyl sites for hydroxylation is 3. The molecule has 0 aliphatic heterocycles. The zero-order chi connectivity index (χ0) is 22.8. The molecule has 2 amide bonds. The van der Waals surface area contributed by atoms with Crippen LogP contribution in [0.15, 0.2) is 48.5 Å². The van der Waals surface area contributed by atoms with E-state index in [1.54, 1.807) is 4.90 Å². The van der Waals surface area contributed by atoms with Crippen LogP contribution in [0.25, 0.3) is 0 Å². The number of hydrogen-bond donors (Lipinski definition) is 1. The fourth-order valence-corrected chi connectivity index (χ4v) is 3.65. The minimum atomic E-state index is -0.465. The summed E-state index contributed by atoms with van der Waals surface area (Å²) in [6, 6.07) is 16.1. The molecule has 4 heteroatoms. The van der Waals surface area contributed by atoms with Crippen LogP contribution < -0.4 is 5.32 Å². The summed E-state index contributed by atoms with van der Waals surface area (Å²) in [5.74, 6) is 0.327. The van der Waals surface area contributed by atoms with E-state index in [1.807, 2.05) is 38.1 Å². The molecule has 4 nitrogen and oxygen atoms in total. The first-order valence-corrected chi connectivity index (χ1v) is 11.5. The predicted octanol–water partition coefficient (Wildman–Crippen LogP) is 5.07. The van der Waals surface area contributed by atoms with Crippen molar-refractivity contribution in [2.24, 2.45) is 5.92 Å². The molecule has 0 bridgehead atoms. The van der Waals surface area contributed by atoms with Crippen molar-refractivity contribution in [3.63, 3.8) is 0 Å². The summed E-state index contributed by atoms with van der Waals surface area (Å²) in [7, 11) is 0. The monoisotopic (exact) mass is 422 g/mol. The minimum Gasteiger partial charge on any atom is -0.354 e. The lowest BCUT2D eigenvalue weighted by Gasteiger charge is -2.31. The zero-order valence-corrected chi connectivity index (χ0v) is 19.8. The molecule has 168 valence electrons. The Hall–Kier alpha value is -2.62. The topological polar surface area (TPSA) is 49.4 Å². The van der Waals surface area contributed by atoms with Gasteiger partial charge in [0.05, 0.1) is 0 Å². The Kier molecular flexibility index (Phi) is 9.77. The van der Waals surface area contributed by atoms with E-state index in [4.69, 9.17) is 0 Å². The maximum absolute atomic E-state index is 13.3. The largest absolute Gasteiger partial charge is 0.354 e. The van der Waals surface area contributed by atoms with Gasteiger partial charge in [-0.1, -0.05) is 76.2 Å². The van der Waals surface area contributed by atoms with Crippen LogP contribution in [0, 0.1) is 12.8 Å². The summed E-state index contributed by atoms with van der Waals surface area (Å²) in [6.07, 6.45) is 2.67. The van der Waals surface area contributed by atoms with Gasteiger partial charge < -0.3 is 10.2 Å². The van der Waals surface area contributed by atoms with E-state index in [1.165, 1.54) is 5.56 Å². The fourth-order valence-electron chi connectivity index (χ4n) is 3.65. The molecule has 2 aromatic rings. The van der Waals surface area contributed by atoms with Gasteiger partial charge >= 0.3 is 0 Å². The van der Waals surface area contributed by atoms with Gasteiger partial charge in [0, 0.05) is 19.5 Å². The molecule has 0 aliphatic rings. The van der Waals surface area contributed by atoms with E-state index in [9.17, 15) is 9.59 Å². The molecule has 0 spiro atoms. The van der Waals surface area contributed by atoms with E-state index in [0.717, 1.165) is 23.1 Å². The number of carbonyl (C=O) groups excluding carboxylic acids is 2. The van der Waals surface area contributed by atoms with Crippen LogP contribution in [0.5, 0.6) is 0 Å². The van der Waals surface area contributed by atoms with Gasteiger partial charge in [-0.25, -0.2) is 0 Å². The van der Waals surface area contributed by atoms with Crippen LogP contribution in [0.3, 0.4) is 0 Å². The average Bonchev–Trinajstić information content (AvgIpc) is 2.77. The third-order valence-electron chi connectivity index (χ3n) is 5.73. The molecule has 1 atom stereocenters. The van der Waals surface area contributed by atoms with Crippen LogP contribution >= 0.6 is 0 Å². The molecular weight excluding hydrogens is 384 g/mol. The van der Waals surface area contributed by atoms with E-state index in [-0.39, 0.29) is 11.8 Å². The first-order chi connectivity index (χ1) is 14.8. The van der Waals surface area contributed by atoms with E-state index < -0.39 is 6.04 Å². The molecule has 0 unspecified atom stereocenters. The SMILES string of the molecule is CCc1ccc(CCC(=O)N(Cc2ccccc2C)[C@@H](CC)C(=O)NCC(C)C)cc1. The van der Waals surface area contributed by atoms with Gasteiger partial charge in [0.25, 0.3) is 0 Å². The first-order valence-electron chi connectivity index (χ1n) is 11.5. The number of amides is 2. The van der Waals surface area contributed by atoms with Gasteiger partial charge in [-0.05, 0) is 54.4 Å².